The van der Waals surface area contributed by atoms with Crippen molar-refractivity contribution >= 4 is 87.6 Å². The van der Waals surface area contributed by atoms with Crippen LogP contribution in [0.4, 0.5) is 0 Å². The summed E-state index contributed by atoms with van der Waals surface area (Å²) < 4.78 is 18.0. The van der Waals surface area contributed by atoms with Gasteiger partial charge in [-0.1, -0.05) is 97.1 Å². The van der Waals surface area contributed by atoms with Crippen LogP contribution in [-0.4, -0.2) is 29.1 Å². The summed E-state index contributed by atoms with van der Waals surface area (Å²) in [5.41, 5.74) is 13.3. The molecule has 6 heterocycles. The van der Waals surface area contributed by atoms with E-state index in [2.05, 4.69) is 123 Å². The summed E-state index contributed by atoms with van der Waals surface area (Å²) in [6, 6.07) is 64.9. The molecule has 8 aromatic carbocycles. The second-order valence-corrected chi connectivity index (χ2v) is 16.2. The van der Waals surface area contributed by atoms with Crippen molar-refractivity contribution in [2.24, 2.45) is 0 Å². The fourth-order valence-corrected chi connectivity index (χ4v) is 9.77. The highest BCUT2D eigenvalue weighted by Gasteiger charge is 2.23. The normalized spacial score (nSPS) is 12.1. The first-order chi connectivity index (χ1) is 31.7. The lowest BCUT2D eigenvalue weighted by Gasteiger charge is -2.10. The summed E-state index contributed by atoms with van der Waals surface area (Å²) in [5.74, 6) is 1.88. The molecule has 298 valence electrons. The molecule has 8 heteroatoms. The molecule has 0 aliphatic rings. The summed E-state index contributed by atoms with van der Waals surface area (Å²) in [6.45, 7) is 0. The maximum atomic E-state index is 7.21. The highest BCUT2D eigenvalue weighted by molar-refractivity contribution is 6.29. The third kappa shape index (κ3) is 5.05. The summed E-state index contributed by atoms with van der Waals surface area (Å²) in [7, 11) is 0. The lowest BCUT2D eigenvalue weighted by Crippen LogP contribution is -2.00. The van der Waals surface area contributed by atoms with Crippen LogP contribution in [-0.2, 0) is 0 Å². The lowest BCUT2D eigenvalue weighted by atomic mass is 10.1. The molecule has 0 saturated heterocycles. The molecule has 0 fully saturated rings. The molecule has 0 aliphatic heterocycles. The van der Waals surface area contributed by atoms with Crippen LogP contribution in [0, 0.1) is 0 Å². The van der Waals surface area contributed by atoms with Crippen molar-refractivity contribution in [3.8, 4) is 45.5 Å². The number of nitrogens with zero attached hydrogens (tertiary/aromatic N) is 6. The number of fused-ring (bicyclic) bond motifs is 14. The predicted molar refractivity (Wildman–Crippen MR) is 257 cm³/mol. The fourth-order valence-electron chi connectivity index (χ4n) is 9.77. The number of para-hydroxylation sites is 2. The van der Waals surface area contributed by atoms with Gasteiger partial charge < -0.3 is 18.0 Å². The molecule has 0 saturated carbocycles. The number of rotatable bonds is 5. The van der Waals surface area contributed by atoms with Crippen molar-refractivity contribution in [3.05, 3.63) is 194 Å². The van der Waals surface area contributed by atoms with Crippen LogP contribution in [0.15, 0.2) is 203 Å². The molecule has 0 N–H and O–H groups in total. The molecule has 0 radical (unpaired) electrons. The minimum absolute atomic E-state index is 0.616. The van der Waals surface area contributed by atoms with Gasteiger partial charge in [-0.25, -0.2) is 15.0 Å². The van der Waals surface area contributed by atoms with Crippen LogP contribution in [0.5, 0.6) is 0 Å². The van der Waals surface area contributed by atoms with Gasteiger partial charge in [-0.3, -0.25) is 4.98 Å². The smallest absolute Gasteiger partial charge is 0.164 e. The molecule has 0 atom stereocenters. The first-order valence-corrected chi connectivity index (χ1v) is 21.3. The molecular weight excluding hydrogens is 789 g/mol. The number of aromatic nitrogens is 6. The Labute approximate surface area is 363 Å². The Morgan fingerprint density at radius 2 is 0.859 bits per heavy atom. The van der Waals surface area contributed by atoms with Gasteiger partial charge in [-0.2, -0.15) is 0 Å². The third-order valence-corrected chi connectivity index (χ3v) is 12.6. The highest BCUT2D eigenvalue weighted by Crippen LogP contribution is 2.45. The van der Waals surface area contributed by atoms with E-state index in [9.17, 15) is 0 Å². The van der Waals surface area contributed by atoms with Crippen molar-refractivity contribution in [3.63, 3.8) is 0 Å². The lowest BCUT2D eigenvalue weighted by molar-refractivity contribution is 0.668. The molecule has 0 aliphatic carbocycles. The summed E-state index contributed by atoms with van der Waals surface area (Å²) in [4.78, 5) is 19.5. The second-order valence-electron chi connectivity index (χ2n) is 16.2. The summed E-state index contributed by atoms with van der Waals surface area (Å²) in [6.07, 6.45) is 1.81. The Bertz CT molecular complexity index is 4120. The quantitative estimate of drug-likeness (QED) is 0.172. The van der Waals surface area contributed by atoms with Crippen molar-refractivity contribution in [1.82, 2.24) is 29.1 Å². The first-order valence-electron chi connectivity index (χ1n) is 21.3. The van der Waals surface area contributed by atoms with Gasteiger partial charge in [0.1, 0.15) is 22.3 Å². The number of pyridine rings is 1. The topological polar surface area (TPSA) is 87.7 Å². The molecule has 14 aromatic rings. The van der Waals surface area contributed by atoms with Gasteiger partial charge >= 0.3 is 0 Å². The zero-order valence-corrected chi connectivity index (χ0v) is 34.0. The summed E-state index contributed by atoms with van der Waals surface area (Å²) in [5, 5.41) is 7.55. The van der Waals surface area contributed by atoms with Crippen molar-refractivity contribution < 1.29 is 8.83 Å². The van der Waals surface area contributed by atoms with E-state index in [1.165, 1.54) is 0 Å². The average Bonchev–Trinajstić information content (AvgIpc) is 4.12. The van der Waals surface area contributed by atoms with Crippen molar-refractivity contribution in [2.75, 3.05) is 0 Å². The first kappa shape index (κ1) is 34.8. The molecule has 0 bridgehead atoms. The van der Waals surface area contributed by atoms with E-state index >= 15 is 0 Å². The molecule has 0 spiro atoms. The molecule has 0 unspecified atom stereocenters. The van der Waals surface area contributed by atoms with Crippen LogP contribution < -0.4 is 0 Å². The van der Waals surface area contributed by atoms with Crippen LogP contribution in [0.3, 0.4) is 0 Å². The fraction of sp³-hybridized carbons (Fsp3) is 0. The van der Waals surface area contributed by atoms with Crippen molar-refractivity contribution in [2.45, 2.75) is 0 Å². The van der Waals surface area contributed by atoms with E-state index in [-0.39, 0.29) is 0 Å². The Kier molecular flexibility index (Phi) is 7.23. The van der Waals surface area contributed by atoms with Gasteiger partial charge in [0.2, 0.25) is 0 Å². The molecule has 64 heavy (non-hydrogen) atoms. The maximum Gasteiger partial charge on any atom is 0.164 e. The van der Waals surface area contributed by atoms with E-state index in [1.54, 1.807) is 0 Å². The van der Waals surface area contributed by atoms with Gasteiger partial charge in [-0.15, -0.1) is 0 Å². The van der Waals surface area contributed by atoms with Crippen LogP contribution in [0.2, 0.25) is 0 Å². The number of hydrogen-bond acceptors (Lipinski definition) is 6. The molecule has 8 nitrogen and oxygen atoms in total. The number of furan rings is 2. The SMILES string of the molecule is c1ccc(-c2nc(-c3ccccc3)nc(-c3ccc(-n4c5ccccc5c5c6oc7c(ccc8c7c7ccccc7n8-c7ccc8oc9cccnc9c8c7)c6ccc54)cc3)n2)cc1. The van der Waals surface area contributed by atoms with Gasteiger partial charge in [0.25, 0.3) is 0 Å². The molecule has 14 rings (SSSR count). The maximum absolute atomic E-state index is 7.21. The van der Waals surface area contributed by atoms with Gasteiger partial charge in [0, 0.05) is 61.2 Å². The zero-order chi connectivity index (χ0) is 41.9. The largest absolute Gasteiger partial charge is 0.455 e. The Morgan fingerprint density at radius 1 is 0.344 bits per heavy atom. The predicted octanol–water partition coefficient (Wildman–Crippen LogP) is 14.3. The minimum Gasteiger partial charge on any atom is -0.455 e. The van der Waals surface area contributed by atoms with E-state index in [0.717, 1.165) is 116 Å². The Hall–Kier alpha value is -8.88. The van der Waals surface area contributed by atoms with E-state index in [0.29, 0.717) is 17.5 Å². The second kappa shape index (κ2) is 13.3. The third-order valence-electron chi connectivity index (χ3n) is 12.6. The van der Waals surface area contributed by atoms with Crippen LogP contribution in [0.25, 0.3) is 133 Å². The zero-order valence-electron chi connectivity index (χ0n) is 34.0. The monoisotopic (exact) mass is 820 g/mol. The van der Waals surface area contributed by atoms with E-state index in [4.69, 9.17) is 23.8 Å². The van der Waals surface area contributed by atoms with E-state index in [1.807, 2.05) is 85.1 Å². The van der Waals surface area contributed by atoms with Crippen molar-refractivity contribution in [1.29, 1.82) is 0 Å². The Morgan fingerprint density at radius 3 is 1.45 bits per heavy atom. The minimum atomic E-state index is 0.616. The standard InChI is InChI=1S/C56H32N6O2/c1-3-12-33(13-4-1)54-58-55(34-14-5-2-6-15-34)60-56(59-54)35-21-23-36(24-22-35)61-43-18-9-7-16-40(43)49-45(61)28-26-38-39-27-29-46-50(53(39)64-52(38)49)41-17-8-10-19-44(41)62(46)37-25-30-47-42(32-37)51-48(63-47)20-11-31-57-51/h1-32H. The highest BCUT2D eigenvalue weighted by atomic mass is 16.3. The van der Waals surface area contributed by atoms with Crippen LogP contribution >= 0.6 is 0 Å². The molecular formula is C56H32N6O2. The van der Waals surface area contributed by atoms with E-state index < -0.39 is 0 Å². The summed E-state index contributed by atoms with van der Waals surface area (Å²) >= 11 is 0. The molecule has 0 amide bonds. The number of hydrogen-bond donors (Lipinski definition) is 0. The van der Waals surface area contributed by atoms with Gasteiger partial charge in [0.05, 0.1) is 32.8 Å². The number of benzene rings is 8. The van der Waals surface area contributed by atoms with Gasteiger partial charge in [-0.05, 0) is 91.0 Å². The Balaban J connectivity index is 0.941. The van der Waals surface area contributed by atoms with Gasteiger partial charge in [0.15, 0.2) is 23.1 Å². The molecule has 6 aromatic heterocycles. The average molecular weight is 821 g/mol. The van der Waals surface area contributed by atoms with Crippen LogP contribution in [0.1, 0.15) is 0 Å².